The summed E-state index contributed by atoms with van der Waals surface area (Å²) in [5.74, 6) is 1.10. The summed E-state index contributed by atoms with van der Waals surface area (Å²) >= 11 is 0. The molecule has 7 heteroatoms. The third kappa shape index (κ3) is 3.96. The number of nitrogens with one attached hydrogen (secondary N) is 1. The average molecular weight is 394 g/mol. The summed E-state index contributed by atoms with van der Waals surface area (Å²) in [7, 11) is 5.65. The van der Waals surface area contributed by atoms with Crippen LogP contribution in [-0.2, 0) is 0 Å². The molecule has 29 heavy (non-hydrogen) atoms. The van der Waals surface area contributed by atoms with Crippen LogP contribution in [0.4, 0.5) is 0 Å². The molecule has 2 aromatic heterocycles. The lowest BCUT2D eigenvalue weighted by Crippen LogP contribution is -2.34. The fourth-order valence-electron chi connectivity index (χ4n) is 3.59. The van der Waals surface area contributed by atoms with E-state index in [1.807, 2.05) is 51.4 Å². The highest BCUT2D eigenvalue weighted by atomic mass is 16.5. The number of carbonyl (C=O) groups is 1. The highest BCUT2D eigenvalue weighted by molar-refractivity contribution is 6.06. The summed E-state index contributed by atoms with van der Waals surface area (Å²) < 4.78 is 10.6. The number of pyridine rings is 1. The van der Waals surface area contributed by atoms with Gasteiger partial charge >= 0.3 is 0 Å². The Bertz CT molecular complexity index is 1020. The lowest BCUT2D eigenvalue weighted by molar-refractivity contribution is 0.0943. The van der Waals surface area contributed by atoms with Crippen molar-refractivity contribution in [2.75, 3.05) is 27.7 Å². The third-order valence-corrected chi connectivity index (χ3v) is 5.46. The fourth-order valence-corrected chi connectivity index (χ4v) is 3.59. The number of benzene rings is 1. The predicted octanol–water partition coefficient (Wildman–Crippen LogP) is 3.45. The van der Waals surface area contributed by atoms with Crippen LogP contribution >= 0.6 is 0 Å². The van der Waals surface area contributed by atoms with Gasteiger partial charge in [-0.1, -0.05) is 17.3 Å². The van der Waals surface area contributed by atoms with Gasteiger partial charge < -0.3 is 19.5 Å². The molecule has 0 saturated heterocycles. The van der Waals surface area contributed by atoms with Crippen LogP contribution in [-0.4, -0.2) is 48.7 Å². The van der Waals surface area contributed by atoms with Crippen molar-refractivity contribution >= 4 is 17.0 Å². The zero-order chi connectivity index (χ0) is 20.5. The van der Waals surface area contributed by atoms with Crippen molar-refractivity contribution in [1.82, 2.24) is 20.4 Å². The number of amides is 1. The second-order valence-electron chi connectivity index (χ2n) is 7.78. The molecule has 3 aromatic rings. The van der Waals surface area contributed by atoms with E-state index < -0.39 is 0 Å². The number of fused-ring (bicyclic) bond motifs is 1. The van der Waals surface area contributed by atoms with Crippen molar-refractivity contribution in [3.63, 3.8) is 0 Å². The predicted molar refractivity (Wildman–Crippen MR) is 110 cm³/mol. The Hall–Kier alpha value is -2.93. The summed E-state index contributed by atoms with van der Waals surface area (Å²) in [5.41, 5.74) is 3.73. The second-order valence-corrected chi connectivity index (χ2v) is 7.78. The molecular formula is C22H26N4O3. The smallest absolute Gasteiger partial charge is 0.259 e. The minimum atomic E-state index is -0.133. The maximum absolute atomic E-state index is 13.1. The molecule has 7 nitrogen and oxygen atoms in total. The van der Waals surface area contributed by atoms with Gasteiger partial charge in [0.05, 0.1) is 29.8 Å². The quantitative estimate of drug-likeness (QED) is 0.661. The molecule has 0 bridgehead atoms. The van der Waals surface area contributed by atoms with Gasteiger partial charge in [-0.25, -0.2) is 4.98 Å². The average Bonchev–Trinajstić information content (AvgIpc) is 3.51. The Kier molecular flexibility index (Phi) is 5.24. The van der Waals surface area contributed by atoms with E-state index in [9.17, 15) is 4.79 Å². The monoisotopic (exact) mass is 394 g/mol. The summed E-state index contributed by atoms with van der Waals surface area (Å²) in [6, 6.07) is 9.85. The largest absolute Gasteiger partial charge is 0.497 e. The molecular weight excluding hydrogens is 368 g/mol. The van der Waals surface area contributed by atoms with Crippen LogP contribution in [0.1, 0.15) is 52.1 Å². The maximum atomic E-state index is 13.1. The van der Waals surface area contributed by atoms with Gasteiger partial charge in [0.25, 0.3) is 11.6 Å². The number of likely N-dealkylation sites (N-methyl/N-ethyl adjacent to an activating group) is 1. The van der Waals surface area contributed by atoms with Crippen molar-refractivity contribution in [3.05, 3.63) is 52.8 Å². The normalized spacial score (nSPS) is 14.9. The molecule has 1 atom stereocenters. The molecule has 1 aliphatic rings. The van der Waals surface area contributed by atoms with Crippen LogP contribution in [0.2, 0.25) is 0 Å². The standard InChI is InChI=1S/C22H26N4O3/c1-13-20-17(11-18(14-5-6-14)24-22(20)29-25-13)21(27)23-12-19(26(2)3)15-7-9-16(28-4)10-8-15/h7-11,14,19H,5-6,12H2,1-4H3,(H,23,27). The Morgan fingerprint density at radius 2 is 2.03 bits per heavy atom. The Morgan fingerprint density at radius 3 is 2.66 bits per heavy atom. The molecule has 1 amide bonds. The number of aromatic nitrogens is 2. The van der Waals surface area contributed by atoms with E-state index in [4.69, 9.17) is 9.26 Å². The number of methoxy groups -OCH3 is 1. The second kappa shape index (κ2) is 7.83. The lowest BCUT2D eigenvalue weighted by Gasteiger charge is -2.25. The number of ether oxygens (including phenoxy) is 1. The van der Waals surface area contributed by atoms with E-state index in [0.717, 1.165) is 29.8 Å². The van der Waals surface area contributed by atoms with Crippen molar-refractivity contribution in [1.29, 1.82) is 0 Å². The molecule has 1 N–H and O–H groups in total. The number of carbonyl (C=O) groups excluding carboxylic acids is 1. The van der Waals surface area contributed by atoms with Crippen molar-refractivity contribution < 1.29 is 14.1 Å². The Labute approximate surface area is 170 Å². The molecule has 1 saturated carbocycles. The molecule has 0 radical (unpaired) electrons. The maximum Gasteiger partial charge on any atom is 0.259 e. The first kappa shape index (κ1) is 19.4. The van der Waals surface area contributed by atoms with Gasteiger partial charge in [0.2, 0.25) is 0 Å². The first-order valence-corrected chi connectivity index (χ1v) is 9.83. The van der Waals surface area contributed by atoms with Gasteiger partial charge in [-0.3, -0.25) is 4.79 Å². The van der Waals surface area contributed by atoms with E-state index >= 15 is 0 Å². The van der Waals surface area contributed by atoms with Gasteiger partial charge in [-0.2, -0.15) is 0 Å². The van der Waals surface area contributed by atoms with Crippen LogP contribution < -0.4 is 10.1 Å². The van der Waals surface area contributed by atoms with E-state index in [2.05, 4.69) is 20.4 Å². The van der Waals surface area contributed by atoms with Crippen LogP contribution in [0, 0.1) is 6.92 Å². The molecule has 1 unspecified atom stereocenters. The van der Waals surface area contributed by atoms with Crippen molar-refractivity contribution in [2.24, 2.45) is 0 Å². The highest BCUT2D eigenvalue weighted by Gasteiger charge is 2.29. The van der Waals surface area contributed by atoms with E-state index in [-0.39, 0.29) is 11.9 Å². The van der Waals surface area contributed by atoms with Gasteiger partial charge in [0.15, 0.2) is 0 Å². The van der Waals surface area contributed by atoms with Gasteiger partial charge in [0, 0.05) is 18.2 Å². The van der Waals surface area contributed by atoms with Gasteiger partial charge in [-0.15, -0.1) is 0 Å². The Morgan fingerprint density at radius 1 is 1.31 bits per heavy atom. The molecule has 152 valence electrons. The number of rotatable bonds is 7. The summed E-state index contributed by atoms with van der Waals surface area (Å²) in [5, 5.41) is 7.80. The number of hydrogen-bond donors (Lipinski definition) is 1. The minimum Gasteiger partial charge on any atom is -0.497 e. The van der Waals surface area contributed by atoms with Crippen LogP contribution in [0.15, 0.2) is 34.9 Å². The molecule has 0 spiro atoms. The lowest BCUT2D eigenvalue weighted by atomic mass is 10.0. The van der Waals surface area contributed by atoms with E-state index in [1.54, 1.807) is 7.11 Å². The van der Waals surface area contributed by atoms with E-state index in [0.29, 0.717) is 34.8 Å². The van der Waals surface area contributed by atoms with E-state index in [1.165, 1.54) is 0 Å². The third-order valence-electron chi connectivity index (χ3n) is 5.46. The molecule has 1 aromatic carbocycles. The van der Waals surface area contributed by atoms with Crippen molar-refractivity contribution in [3.8, 4) is 5.75 Å². The van der Waals surface area contributed by atoms with Crippen LogP contribution in [0.5, 0.6) is 5.75 Å². The van der Waals surface area contributed by atoms with Crippen LogP contribution in [0.3, 0.4) is 0 Å². The number of aryl methyl sites for hydroxylation is 1. The summed E-state index contributed by atoms with van der Waals surface area (Å²) in [4.78, 5) is 19.8. The molecule has 0 aliphatic heterocycles. The van der Waals surface area contributed by atoms with Crippen LogP contribution in [0.25, 0.3) is 11.1 Å². The minimum absolute atomic E-state index is 0.0358. The fraction of sp³-hybridized carbons (Fsp3) is 0.409. The number of hydrogen-bond acceptors (Lipinski definition) is 6. The van der Waals surface area contributed by atoms with Gasteiger partial charge in [0.1, 0.15) is 5.75 Å². The zero-order valence-electron chi connectivity index (χ0n) is 17.2. The first-order chi connectivity index (χ1) is 14.0. The van der Waals surface area contributed by atoms with Crippen molar-refractivity contribution in [2.45, 2.75) is 31.7 Å². The SMILES string of the molecule is COc1ccc(C(CNC(=O)c2cc(C3CC3)nc3onc(C)c23)N(C)C)cc1. The topological polar surface area (TPSA) is 80.5 Å². The first-order valence-electron chi connectivity index (χ1n) is 9.83. The Balaban J connectivity index is 1.57. The summed E-state index contributed by atoms with van der Waals surface area (Å²) in [6.45, 7) is 2.31. The van der Waals surface area contributed by atoms with Gasteiger partial charge in [-0.05, 0) is 57.6 Å². The molecule has 1 aliphatic carbocycles. The molecule has 4 rings (SSSR count). The molecule has 1 fully saturated rings. The summed E-state index contributed by atoms with van der Waals surface area (Å²) in [6.07, 6.45) is 2.21. The number of nitrogens with zero attached hydrogens (tertiary/aromatic N) is 3. The highest BCUT2D eigenvalue weighted by Crippen LogP contribution is 2.40. The molecule has 2 heterocycles. The zero-order valence-corrected chi connectivity index (χ0v) is 17.2.